The SMILES string of the molecule is CCOc1ccc(CCN/C=C(/C#N)C(=O)NCCCN2CCCC2=O)cc1OCC. The zero-order valence-corrected chi connectivity index (χ0v) is 18.4. The molecule has 8 heteroatoms. The molecule has 1 aromatic rings. The van der Waals surface area contributed by atoms with E-state index in [0.717, 1.165) is 24.3 Å². The van der Waals surface area contributed by atoms with Gasteiger partial charge in [-0.25, -0.2) is 0 Å². The summed E-state index contributed by atoms with van der Waals surface area (Å²) in [5, 5.41) is 15.0. The van der Waals surface area contributed by atoms with Crippen LogP contribution < -0.4 is 20.1 Å². The van der Waals surface area contributed by atoms with Gasteiger partial charge >= 0.3 is 0 Å². The quantitative estimate of drug-likeness (QED) is 0.283. The molecule has 0 radical (unpaired) electrons. The first kappa shape index (κ1) is 24.1. The number of hydrogen-bond acceptors (Lipinski definition) is 6. The number of carbonyl (C=O) groups excluding carboxylic acids is 2. The van der Waals surface area contributed by atoms with Crippen LogP contribution in [0.15, 0.2) is 30.0 Å². The van der Waals surface area contributed by atoms with Crippen LogP contribution in [0.2, 0.25) is 0 Å². The minimum absolute atomic E-state index is 0.0268. The Morgan fingerprint density at radius 3 is 2.68 bits per heavy atom. The highest BCUT2D eigenvalue weighted by molar-refractivity contribution is 5.97. The first-order chi connectivity index (χ1) is 15.1. The van der Waals surface area contributed by atoms with Crippen LogP contribution in [0, 0.1) is 11.3 Å². The van der Waals surface area contributed by atoms with Crippen LogP contribution in [-0.2, 0) is 16.0 Å². The molecule has 1 aliphatic rings. The maximum Gasteiger partial charge on any atom is 0.263 e. The smallest absolute Gasteiger partial charge is 0.263 e. The highest BCUT2D eigenvalue weighted by Gasteiger charge is 2.19. The van der Waals surface area contributed by atoms with E-state index in [9.17, 15) is 14.9 Å². The van der Waals surface area contributed by atoms with Crippen LogP contribution in [0.4, 0.5) is 0 Å². The number of nitrogens with zero attached hydrogens (tertiary/aromatic N) is 2. The molecule has 0 unspecified atom stereocenters. The van der Waals surface area contributed by atoms with E-state index in [-0.39, 0.29) is 11.5 Å². The molecule has 1 saturated heterocycles. The molecule has 2 amide bonds. The number of nitriles is 1. The molecule has 1 aliphatic heterocycles. The molecule has 2 N–H and O–H groups in total. The molecular formula is C23H32N4O4. The molecule has 0 atom stereocenters. The fraction of sp³-hybridized carbons (Fsp3) is 0.522. The molecule has 8 nitrogen and oxygen atoms in total. The number of carbonyl (C=O) groups is 2. The number of ether oxygens (including phenoxy) is 2. The van der Waals surface area contributed by atoms with Gasteiger partial charge in [0, 0.05) is 38.8 Å². The summed E-state index contributed by atoms with van der Waals surface area (Å²) in [6.45, 7) is 7.39. The second kappa shape index (κ2) is 13.2. The van der Waals surface area contributed by atoms with Gasteiger partial charge in [0.1, 0.15) is 11.6 Å². The maximum atomic E-state index is 12.2. The molecule has 0 aromatic heterocycles. The third-order valence-electron chi connectivity index (χ3n) is 4.84. The highest BCUT2D eigenvalue weighted by atomic mass is 16.5. The summed E-state index contributed by atoms with van der Waals surface area (Å²) in [4.78, 5) is 25.5. The summed E-state index contributed by atoms with van der Waals surface area (Å²) in [6.07, 6.45) is 4.33. The lowest BCUT2D eigenvalue weighted by Crippen LogP contribution is -2.31. The Hall–Kier alpha value is -3.21. The average molecular weight is 429 g/mol. The topological polar surface area (TPSA) is 104 Å². The first-order valence-electron chi connectivity index (χ1n) is 10.9. The van der Waals surface area contributed by atoms with Gasteiger partial charge in [0.2, 0.25) is 5.91 Å². The third-order valence-corrected chi connectivity index (χ3v) is 4.84. The van der Waals surface area contributed by atoms with Crippen LogP contribution in [0.25, 0.3) is 0 Å². The zero-order chi connectivity index (χ0) is 22.5. The molecule has 31 heavy (non-hydrogen) atoms. The first-order valence-corrected chi connectivity index (χ1v) is 10.9. The van der Waals surface area contributed by atoms with Gasteiger partial charge in [0.05, 0.1) is 13.2 Å². The standard InChI is InChI=1S/C23H32N4O4/c1-3-30-20-9-8-18(15-21(20)31-4-2)10-12-25-17-19(16-24)23(29)26-11-6-14-27-13-5-7-22(27)28/h8-9,15,17,25H,3-7,10-14H2,1-2H3,(H,26,29)/b19-17-. The largest absolute Gasteiger partial charge is 0.490 e. The second-order valence-electron chi connectivity index (χ2n) is 7.11. The number of rotatable bonds is 13. The molecule has 1 aromatic carbocycles. The summed E-state index contributed by atoms with van der Waals surface area (Å²) in [5.41, 5.74) is 1.09. The molecule has 1 heterocycles. The van der Waals surface area contributed by atoms with E-state index in [1.54, 1.807) is 0 Å². The van der Waals surface area contributed by atoms with Crippen molar-refractivity contribution in [1.82, 2.24) is 15.5 Å². The van der Waals surface area contributed by atoms with Crippen LogP contribution in [-0.4, -0.2) is 56.1 Å². The van der Waals surface area contributed by atoms with Gasteiger partial charge in [-0.2, -0.15) is 5.26 Å². The Kier molecular flexibility index (Phi) is 10.2. The minimum Gasteiger partial charge on any atom is -0.490 e. The summed E-state index contributed by atoms with van der Waals surface area (Å²) in [6, 6.07) is 7.74. The van der Waals surface area contributed by atoms with Gasteiger partial charge in [-0.1, -0.05) is 6.07 Å². The van der Waals surface area contributed by atoms with Crippen molar-refractivity contribution in [2.45, 2.75) is 39.5 Å². The average Bonchev–Trinajstić information content (AvgIpc) is 3.17. The van der Waals surface area contributed by atoms with Crippen molar-refractivity contribution in [3.05, 3.63) is 35.5 Å². The van der Waals surface area contributed by atoms with E-state index >= 15 is 0 Å². The maximum absolute atomic E-state index is 12.2. The summed E-state index contributed by atoms with van der Waals surface area (Å²) in [5.74, 6) is 1.19. The highest BCUT2D eigenvalue weighted by Crippen LogP contribution is 2.28. The normalized spacial score (nSPS) is 13.6. The van der Waals surface area contributed by atoms with Crippen LogP contribution in [0.5, 0.6) is 11.5 Å². The Labute approximate surface area is 184 Å². The van der Waals surface area contributed by atoms with Crippen molar-refractivity contribution in [2.75, 3.05) is 39.4 Å². The van der Waals surface area contributed by atoms with Crippen LogP contribution in [0.1, 0.15) is 38.7 Å². The lowest BCUT2D eigenvalue weighted by atomic mass is 10.1. The number of hydrogen-bond donors (Lipinski definition) is 2. The fourth-order valence-corrected chi connectivity index (χ4v) is 3.30. The molecule has 0 spiro atoms. The van der Waals surface area contributed by atoms with E-state index < -0.39 is 5.91 Å². The number of benzene rings is 1. The number of amides is 2. The van der Waals surface area contributed by atoms with Crippen molar-refractivity contribution in [1.29, 1.82) is 5.26 Å². The predicted octanol–water partition coefficient (Wildman–Crippen LogP) is 2.15. The molecule has 2 rings (SSSR count). The Bertz CT molecular complexity index is 816. The van der Waals surface area contributed by atoms with Crippen LogP contribution in [0.3, 0.4) is 0 Å². The summed E-state index contributed by atoms with van der Waals surface area (Å²) in [7, 11) is 0. The Balaban J connectivity index is 1.75. The molecule has 0 bridgehead atoms. The van der Waals surface area contributed by atoms with E-state index in [0.29, 0.717) is 57.9 Å². The van der Waals surface area contributed by atoms with Crippen molar-refractivity contribution >= 4 is 11.8 Å². The lowest BCUT2D eigenvalue weighted by molar-refractivity contribution is -0.127. The molecule has 168 valence electrons. The number of nitrogens with one attached hydrogen (secondary N) is 2. The summed E-state index contributed by atoms with van der Waals surface area (Å²) >= 11 is 0. The van der Waals surface area contributed by atoms with Crippen molar-refractivity contribution in [3.63, 3.8) is 0 Å². The Morgan fingerprint density at radius 2 is 2.00 bits per heavy atom. The molecule has 1 fully saturated rings. The minimum atomic E-state index is -0.414. The van der Waals surface area contributed by atoms with E-state index in [2.05, 4.69) is 10.6 Å². The van der Waals surface area contributed by atoms with Crippen molar-refractivity contribution in [2.24, 2.45) is 0 Å². The fourth-order valence-electron chi connectivity index (χ4n) is 3.30. The Morgan fingerprint density at radius 1 is 1.23 bits per heavy atom. The van der Waals surface area contributed by atoms with Crippen molar-refractivity contribution < 1.29 is 19.1 Å². The van der Waals surface area contributed by atoms with Gasteiger partial charge in [0.25, 0.3) is 5.91 Å². The predicted molar refractivity (Wildman–Crippen MR) is 118 cm³/mol. The monoisotopic (exact) mass is 428 g/mol. The third kappa shape index (κ3) is 7.85. The van der Waals surface area contributed by atoms with Gasteiger partial charge in [-0.05, 0) is 50.8 Å². The van der Waals surface area contributed by atoms with Gasteiger partial charge in [-0.3, -0.25) is 9.59 Å². The van der Waals surface area contributed by atoms with Gasteiger partial charge in [-0.15, -0.1) is 0 Å². The summed E-state index contributed by atoms with van der Waals surface area (Å²) < 4.78 is 11.2. The van der Waals surface area contributed by atoms with E-state index in [1.807, 2.05) is 43.0 Å². The van der Waals surface area contributed by atoms with Crippen LogP contribution >= 0.6 is 0 Å². The van der Waals surface area contributed by atoms with Gasteiger partial charge < -0.3 is 25.0 Å². The van der Waals surface area contributed by atoms with Crippen molar-refractivity contribution in [3.8, 4) is 17.6 Å². The molecular weight excluding hydrogens is 396 g/mol. The molecule has 0 saturated carbocycles. The lowest BCUT2D eigenvalue weighted by Gasteiger charge is -2.15. The van der Waals surface area contributed by atoms with Gasteiger partial charge in [0.15, 0.2) is 11.5 Å². The van der Waals surface area contributed by atoms with E-state index in [1.165, 1.54) is 6.20 Å². The zero-order valence-electron chi connectivity index (χ0n) is 18.4. The number of likely N-dealkylation sites (tertiary alicyclic amines) is 1. The second-order valence-corrected chi connectivity index (χ2v) is 7.11. The van der Waals surface area contributed by atoms with E-state index in [4.69, 9.17) is 9.47 Å². The molecule has 0 aliphatic carbocycles.